The highest BCUT2D eigenvalue weighted by Crippen LogP contribution is 2.21. The van der Waals surface area contributed by atoms with Crippen molar-refractivity contribution in [2.75, 3.05) is 7.11 Å². The first kappa shape index (κ1) is 16.0. The van der Waals surface area contributed by atoms with E-state index in [1.54, 1.807) is 7.11 Å². The van der Waals surface area contributed by atoms with Crippen molar-refractivity contribution in [3.63, 3.8) is 0 Å². The van der Waals surface area contributed by atoms with E-state index in [1.165, 1.54) is 5.56 Å². The number of pyridine rings is 1. The number of benzene rings is 2. The average molecular weight is 342 g/mol. The van der Waals surface area contributed by atoms with Gasteiger partial charge in [-0.3, -0.25) is 0 Å². The molecule has 0 amide bonds. The second-order valence-corrected chi connectivity index (χ2v) is 5.95. The minimum atomic E-state index is 0.616. The molecule has 0 aliphatic heterocycles. The van der Waals surface area contributed by atoms with Gasteiger partial charge in [-0.2, -0.15) is 0 Å². The van der Waals surface area contributed by atoms with Gasteiger partial charge >= 0.3 is 0 Å². The van der Waals surface area contributed by atoms with Crippen LogP contribution in [0.4, 0.5) is 0 Å². The molecule has 0 saturated heterocycles. The van der Waals surface area contributed by atoms with E-state index in [0.717, 1.165) is 22.4 Å². The van der Waals surface area contributed by atoms with E-state index in [-0.39, 0.29) is 0 Å². The molecule has 4 aromatic rings. The van der Waals surface area contributed by atoms with E-state index in [2.05, 4.69) is 39.6 Å². The lowest BCUT2D eigenvalue weighted by atomic mass is 10.1. The van der Waals surface area contributed by atoms with E-state index in [0.29, 0.717) is 12.4 Å². The normalized spacial score (nSPS) is 10.7. The van der Waals surface area contributed by atoms with Crippen LogP contribution in [0.1, 0.15) is 5.56 Å². The molecule has 0 aliphatic rings. The van der Waals surface area contributed by atoms with Gasteiger partial charge < -0.3 is 4.74 Å². The zero-order valence-corrected chi connectivity index (χ0v) is 14.4. The van der Waals surface area contributed by atoms with E-state index in [4.69, 9.17) is 4.74 Å². The maximum Gasteiger partial charge on any atom is 0.212 e. The van der Waals surface area contributed by atoms with Crippen molar-refractivity contribution >= 4 is 0 Å². The lowest BCUT2D eigenvalue weighted by molar-refractivity contribution is 0.398. The van der Waals surface area contributed by atoms with Crippen LogP contribution in [0, 0.1) is 0 Å². The summed E-state index contributed by atoms with van der Waals surface area (Å²) in [6, 6.07) is 22.3. The van der Waals surface area contributed by atoms with Crippen molar-refractivity contribution in [2.24, 2.45) is 0 Å². The van der Waals surface area contributed by atoms with Crippen molar-refractivity contribution < 1.29 is 4.74 Å². The zero-order chi connectivity index (χ0) is 17.8. The fourth-order valence-electron chi connectivity index (χ4n) is 2.78. The van der Waals surface area contributed by atoms with Gasteiger partial charge in [0, 0.05) is 23.4 Å². The molecule has 0 spiro atoms. The van der Waals surface area contributed by atoms with Crippen LogP contribution in [-0.4, -0.2) is 27.1 Å². The largest absolute Gasteiger partial charge is 0.481 e. The molecule has 0 bridgehead atoms. The summed E-state index contributed by atoms with van der Waals surface area (Å²) in [4.78, 5) is 4.25. The predicted octanol–water partition coefficient (Wildman–Crippen LogP) is 4.06. The van der Waals surface area contributed by atoms with Crippen molar-refractivity contribution in [2.45, 2.75) is 6.54 Å². The molecule has 5 heteroatoms. The molecule has 4 rings (SSSR count). The van der Waals surface area contributed by atoms with E-state index < -0.39 is 0 Å². The van der Waals surface area contributed by atoms with Crippen LogP contribution in [0.2, 0.25) is 0 Å². The van der Waals surface area contributed by atoms with Gasteiger partial charge in [0.15, 0.2) is 0 Å². The van der Waals surface area contributed by atoms with E-state index >= 15 is 0 Å². The molecular weight excluding hydrogens is 324 g/mol. The summed E-state index contributed by atoms with van der Waals surface area (Å²) in [7, 11) is 1.62. The zero-order valence-electron chi connectivity index (χ0n) is 14.4. The minimum Gasteiger partial charge on any atom is -0.481 e. The summed E-state index contributed by atoms with van der Waals surface area (Å²) in [5.41, 5.74) is 5.30. The number of methoxy groups -OCH3 is 1. The number of ether oxygens (including phenoxy) is 1. The fraction of sp³-hybridized carbons (Fsp3) is 0.0952. The standard InChI is InChI=1S/C21H18N4O/c1-26-21-12-11-19(13-22-21)17-9-7-16(8-10-17)14-25-15-20(23-24-25)18-5-3-2-4-6-18/h2-13,15H,14H2,1H3. The third-order valence-electron chi connectivity index (χ3n) is 4.19. The lowest BCUT2D eigenvalue weighted by Crippen LogP contribution is -2.00. The molecule has 2 aromatic carbocycles. The van der Waals surface area contributed by atoms with Crippen LogP contribution in [0.5, 0.6) is 5.88 Å². The molecule has 0 N–H and O–H groups in total. The monoisotopic (exact) mass is 342 g/mol. The Morgan fingerprint density at radius 2 is 1.62 bits per heavy atom. The van der Waals surface area contributed by atoms with Crippen LogP contribution in [0.25, 0.3) is 22.4 Å². The second-order valence-electron chi connectivity index (χ2n) is 5.95. The molecule has 0 fully saturated rings. The minimum absolute atomic E-state index is 0.616. The number of aromatic nitrogens is 4. The van der Waals surface area contributed by atoms with Crippen molar-refractivity contribution in [1.82, 2.24) is 20.0 Å². The smallest absolute Gasteiger partial charge is 0.212 e. The molecule has 0 aliphatic carbocycles. The molecule has 0 radical (unpaired) electrons. The average Bonchev–Trinajstić information content (AvgIpc) is 3.18. The summed E-state index contributed by atoms with van der Waals surface area (Å²) in [5, 5.41) is 8.49. The molecule has 0 atom stereocenters. The highest BCUT2D eigenvalue weighted by molar-refractivity contribution is 5.63. The predicted molar refractivity (Wildman–Crippen MR) is 101 cm³/mol. The molecular formula is C21H18N4O. The van der Waals surface area contributed by atoms with Gasteiger partial charge in [0.25, 0.3) is 0 Å². The fourth-order valence-corrected chi connectivity index (χ4v) is 2.78. The van der Waals surface area contributed by atoms with Crippen molar-refractivity contribution in [3.8, 4) is 28.3 Å². The molecule has 128 valence electrons. The quantitative estimate of drug-likeness (QED) is 0.549. The van der Waals surface area contributed by atoms with Crippen molar-refractivity contribution in [3.05, 3.63) is 84.7 Å². The molecule has 2 aromatic heterocycles. The van der Waals surface area contributed by atoms with E-state index in [1.807, 2.05) is 59.5 Å². The van der Waals surface area contributed by atoms with Gasteiger partial charge in [-0.1, -0.05) is 59.8 Å². The number of rotatable bonds is 5. The van der Waals surface area contributed by atoms with Crippen LogP contribution >= 0.6 is 0 Å². The highest BCUT2D eigenvalue weighted by atomic mass is 16.5. The van der Waals surface area contributed by atoms with Gasteiger partial charge in [-0.15, -0.1) is 5.10 Å². The van der Waals surface area contributed by atoms with Gasteiger partial charge in [0.05, 0.1) is 19.9 Å². The molecule has 5 nitrogen and oxygen atoms in total. The number of nitrogens with zero attached hydrogens (tertiary/aromatic N) is 4. The van der Waals surface area contributed by atoms with Crippen LogP contribution in [0.15, 0.2) is 79.1 Å². The SMILES string of the molecule is COc1ccc(-c2ccc(Cn3cc(-c4ccccc4)nn3)cc2)cn1. The third kappa shape index (κ3) is 3.47. The van der Waals surface area contributed by atoms with Gasteiger partial charge in [0.1, 0.15) is 5.69 Å². The Morgan fingerprint density at radius 3 is 2.31 bits per heavy atom. The summed E-state index contributed by atoms with van der Waals surface area (Å²) >= 11 is 0. The van der Waals surface area contributed by atoms with Gasteiger partial charge in [0.2, 0.25) is 5.88 Å². The molecule has 2 heterocycles. The first-order chi connectivity index (χ1) is 12.8. The van der Waals surface area contributed by atoms with Crippen LogP contribution in [0.3, 0.4) is 0 Å². The highest BCUT2D eigenvalue weighted by Gasteiger charge is 2.05. The van der Waals surface area contributed by atoms with E-state index in [9.17, 15) is 0 Å². The number of hydrogen-bond donors (Lipinski definition) is 0. The lowest BCUT2D eigenvalue weighted by Gasteiger charge is -2.05. The van der Waals surface area contributed by atoms with Crippen LogP contribution in [-0.2, 0) is 6.54 Å². The third-order valence-corrected chi connectivity index (χ3v) is 4.19. The first-order valence-corrected chi connectivity index (χ1v) is 8.37. The van der Waals surface area contributed by atoms with Gasteiger partial charge in [-0.25, -0.2) is 9.67 Å². The maximum atomic E-state index is 5.10. The van der Waals surface area contributed by atoms with Crippen molar-refractivity contribution in [1.29, 1.82) is 0 Å². The molecule has 26 heavy (non-hydrogen) atoms. The Kier molecular flexibility index (Phi) is 4.43. The second kappa shape index (κ2) is 7.19. The topological polar surface area (TPSA) is 52.8 Å². The Bertz CT molecular complexity index is 977. The number of hydrogen-bond acceptors (Lipinski definition) is 4. The Balaban J connectivity index is 1.48. The Hall–Kier alpha value is -3.47. The maximum absolute atomic E-state index is 5.10. The Labute approximate surface area is 151 Å². The summed E-state index contributed by atoms with van der Waals surface area (Å²) in [6.07, 6.45) is 3.79. The summed E-state index contributed by atoms with van der Waals surface area (Å²) in [6.45, 7) is 0.682. The molecule has 0 unspecified atom stereocenters. The van der Waals surface area contributed by atoms with Gasteiger partial charge in [-0.05, 0) is 17.2 Å². The summed E-state index contributed by atoms with van der Waals surface area (Å²) in [5.74, 6) is 0.616. The Morgan fingerprint density at radius 1 is 0.846 bits per heavy atom. The first-order valence-electron chi connectivity index (χ1n) is 8.37. The van der Waals surface area contributed by atoms with Crippen LogP contribution < -0.4 is 4.74 Å². The molecule has 0 saturated carbocycles. The summed E-state index contributed by atoms with van der Waals surface area (Å²) < 4.78 is 6.95.